The van der Waals surface area contributed by atoms with Gasteiger partial charge in [-0.2, -0.15) is 4.99 Å². The van der Waals surface area contributed by atoms with E-state index >= 15 is 0 Å². The van der Waals surface area contributed by atoms with E-state index < -0.39 is 4.92 Å². The first-order valence-electron chi connectivity index (χ1n) is 8.21. The maximum atomic E-state index is 12.9. The Kier molecular flexibility index (Phi) is 6.02. The summed E-state index contributed by atoms with van der Waals surface area (Å²) in [5, 5.41) is 11.0. The van der Waals surface area contributed by atoms with Gasteiger partial charge < -0.3 is 4.57 Å². The highest BCUT2D eigenvalue weighted by Gasteiger charge is 2.12. The summed E-state index contributed by atoms with van der Waals surface area (Å²) in [5.74, 6) is -0.503. The minimum atomic E-state index is -0.440. The summed E-state index contributed by atoms with van der Waals surface area (Å²) in [6.45, 7) is 2.67. The quantitative estimate of drug-likeness (QED) is 0.346. The summed E-state index contributed by atoms with van der Waals surface area (Å²) in [6.07, 6.45) is 0.842. The number of nitrogens with zero attached hydrogens (tertiary/aromatic N) is 3. The van der Waals surface area contributed by atoms with Crippen LogP contribution in [0.1, 0.15) is 13.3 Å². The number of nitro groups is 1. The monoisotopic (exact) mass is 405 g/mol. The predicted octanol–water partition coefficient (Wildman–Crippen LogP) is 4.38. The lowest BCUT2D eigenvalue weighted by atomic mass is 10.3. The zero-order chi connectivity index (χ0) is 19.4. The molecular formula is C18H16FN3O3S2. The van der Waals surface area contributed by atoms with Gasteiger partial charge in [0.15, 0.2) is 4.80 Å². The fraction of sp³-hybridized carbons (Fsp3) is 0.222. The van der Waals surface area contributed by atoms with Crippen LogP contribution in [-0.4, -0.2) is 21.2 Å². The molecule has 140 valence electrons. The number of nitro benzene ring substituents is 1. The SMILES string of the molecule is CCCn1c(=NC(=O)CSc2ccc(F)cc2)sc2cc([N+](=O)[O-])ccc21. The highest BCUT2D eigenvalue weighted by Crippen LogP contribution is 2.23. The molecule has 0 unspecified atom stereocenters. The van der Waals surface area contributed by atoms with Crippen LogP contribution in [-0.2, 0) is 11.3 Å². The molecule has 1 amide bonds. The minimum Gasteiger partial charge on any atom is -0.316 e. The Morgan fingerprint density at radius 1 is 1.30 bits per heavy atom. The standard InChI is InChI=1S/C18H16FN3O3S2/c1-2-9-21-15-8-5-13(22(24)25)10-16(15)27-18(21)20-17(23)11-26-14-6-3-12(19)4-7-14/h3-8,10H,2,9,11H2,1H3. The first-order chi connectivity index (χ1) is 13.0. The highest BCUT2D eigenvalue weighted by atomic mass is 32.2. The number of halogens is 1. The zero-order valence-electron chi connectivity index (χ0n) is 14.4. The summed E-state index contributed by atoms with van der Waals surface area (Å²) in [4.78, 5) is 28.3. The third-order valence-corrected chi connectivity index (χ3v) is 5.76. The number of hydrogen-bond donors (Lipinski definition) is 0. The first-order valence-corrected chi connectivity index (χ1v) is 10.0. The second kappa shape index (κ2) is 8.45. The average Bonchev–Trinajstić information content (AvgIpc) is 2.98. The van der Waals surface area contributed by atoms with Crippen molar-refractivity contribution < 1.29 is 14.1 Å². The lowest BCUT2D eigenvalue weighted by molar-refractivity contribution is -0.384. The van der Waals surface area contributed by atoms with Crippen molar-refractivity contribution in [3.05, 3.63) is 63.2 Å². The number of carbonyl (C=O) groups excluding carboxylic acids is 1. The Bertz CT molecular complexity index is 1060. The average molecular weight is 405 g/mol. The van der Waals surface area contributed by atoms with Crippen LogP contribution in [0.2, 0.25) is 0 Å². The van der Waals surface area contributed by atoms with Gasteiger partial charge in [0.05, 0.1) is 20.9 Å². The van der Waals surface area contributed by atoms with Crippen LogP contribution in [0.15, 0.2) is 52.4 Å². The Morgan fingerprint density at radius 3 is 2.70 bits per heavy atom. The maximum Gasteiger partial charge on any atom is 0.270 e. The Balaban J connectivity index is 1.88. The number of thiazole rings is 1. The van der Waals surface area contributed by atoms with Crippen LogP contribution >= 0.6 is 23.1 Å². The van der Waals surface area contributed by atoms with Crippen LogP contribution in [0, 0.1) is 15.9 Å². The molecular weight excluding hydrogens is 389 g/mol. The van der Waals surface area contributed by atoms with Crippen LogP contribution in [0.4, 0.5) is 10.1 Å². The molecule has 0 radical (unpaired) electrons. The number of hydrogen-bond acceptors (Lipinski definition) is 5. The van der Waals surface area contributed by atoms with Gasteiger partial charge >= 0.3 is 0 Å². The zero-order valence-corrected chi connectivity index (χ0v) is 16.1. The lowest BCUT2D eigenvalue weighted by Crippen LogP contribution is -2.17. The lowest BCUT2D eigenvalue weighted by Gasteiger charge is -2.02. The van der Waals surface area contributed by atoms with Gasteiger partial charge in [-0.05, 0) is 36.8 Å². The summed E-state index contributed by atoms with van der Waals surface area (Å²) in [5.41, 5.74) is 0.835. The molecule has 6 nitrogen and oxygen atoms in total. The second-order valence-electron chi connectivity index (χ2n) is 5.69. The molecule has 0 aliphatic carbocycles. The van der Waals surface area contributed by atoms with E-state index in [0.717, 1.165) is 21.5 Å². The topological polar surface area (TPSA) is 77.5 Å². The molecule has 1 heterocycles. The third-order valence-electron chi connectivity index (χ3n) is 3.72. The number of fused-ring (bicyclic) bond motifs is 1. The molecule has 0 aliphatic heterocycles. The number of aryl methyl sites for hydroxylation is 1. The largest absolute Gasteiger partial charge is 0.316 e. The van der Waals surface area contributed by atoms with Crippen molar-refractivity contribution in [3.63, 3.8) is 0 Å². The molecule has 0 bridgehead atoms. The number of rotatable bonds is 6. The van der Waals surface area contributed by atoms with Gasteiger partial charge in [-0.1, -0.05) is 18.3 Å². The van der Waals surface area contributed by atoms with Crippen LogP contribution in [0.25, 0.3) is 10.2 Å². The fourth-order valence-corrected chi connectivity index (χ4v) is 4.31. The van der Waals surface area contributed by atoms with E-state index in [1.165, 1.54) is 47.4 Å². The van der Waals surface area contributed by atoms with E-state index in [2.05, 4.69) is 4.99 Å². The fourth-order valence-electron chi connectivity index (χ4n) is 2.52. The van der Waals surface area contributed by atoms with Gasteiger partial charge in [0.2, 0.25) is 0 Å². The first kappa shape index (κ1) is 19.2. The van der Waals surface area contributed by atoms with Gasteiger partial charge in [-0.3, -0.25) is 14.9 Å². The second-order valence-corrected chi connectivity index (χ2v) is 7.75. The summed E-state index contributed by atoms with van der Waals surface area (Å²) in [7, 11) is 0. The molecule has 9 heteroatoms. The van der Waals surface area contributed by atoms with Gasteiger partial charge in [0.25, 0.3) is 11.6 Å². The van der Waals surface area contributed by atoms with Gasteiger partial charge in [-0.15, -0.1) is 11.8 Å². The van der Waals surface area contributed by atoms with Crippen molar-refractivity contribution in [2.45, 2.75) is 24.8 Å². The Morgan fingerprint density at radius 2 is 2.04 bits per heavy atom. The number of amides is 1. The van der Waals surface area contributed by atoms with Crippen LogP contribution in [0.5, 0.6) is 0 Å². The molecule has 0 spiro atoms. The van der Waals surface area contributed by atoms with Crippen LogP contribution < -0.4 is 4.80 Å². The molecule has 0 saturated carbocycles. The van der Waals surface area contributed by atoms with Crippen molar-refractivity contribution in [2.24, 2.45) is 4.99 Å². The molecule has 0 fully saturated rings. The van der Waals surface area contributed by atoms with Crippen molar-refractivity contribution in [2.75, 3.05) is 5.75 Å². The molecule has 0 saturated heterocycles. The van der Waals surface area contributed by atoms with Crippen molar-refractivity contribution in [3.8, 4) is 0 Å². The van der Waals surface area contributed by atoms with E-state index in [9.17, 15) is 19.3 Å². The van der Waals surface area contributed by atoms with Crippen molar-refractivity contribution in [1.29, 1.82) is 0 Å². The van der Waals surface area contributed by atoms with E-state index in [0.29, 0.717) is 11.3 Å². The van der Waals surface area contributed by atoms with Gasteiger partial charge in [-0.25, -0.2) is 4.39 Å². The molecule has 3 aromatic rings. The smallest absolute Gasteiger partial charge is 0.270 e. The van der Waals surface area contributed by atoms with E-state index in [1.54, 1.807) is 18.2 Å². The van der Waals surface area contributed by atoms with Crippen LogP contribution in [0.3, 0.4) is 0 Å². The molecule has 0 atom stereocenters. The molecule has 3 rings (SSSR count). The van der Waals surface area contributed by atoms with Crippen molar-refractivity contribution >= 4 is 44.9 Å². The molecule has 1 aromatic heterocycles. The molecule has 0 N–H and O–H groups in total. The number of non-ortho nitro benzene ring substituents is 1. The van der Waals surface area contributed by atoms with Gasteiger partial charge in [0, 0.05) is 23.6 Å². The minimum absolute atomic E-state index is 0.0112. The molecule has 0 aliphatic rings. The molecule has 27 heavy (non-hydrogen) atoms. The number of carbonyl (C=O) groups is 1. The van der Waals surface area contributed by atoms with E-state index in [4.69, 9.17) is 0 Å². The highest BCUT2D eigenvalue weighted by molar-refractivity contribution is 8.00. The number of benzene rings is 2. The molecule has 2 aromatic carbocycles. The summed E-state index contributed by atoms with van der Waals surface area (Å²) in [6, 6.07) is 10.6. The summed E-state index contributed by atoms with van der Waals surface area (Å²) < 4.78 is 15.6. The summed E-state index contributed by atoms with van der Waals surface area (Å²) >= 11 is 2.54. The Labute approximate surface area is 162 Å². The number of aromatic nitrogens is 1. The maximum absolute atomic E-state index is 12.9. The van der Waals surface area contributed by atoms with E-state index in [-0.39, 0.29) is 23.2 Å². The van der Waals surface area contributed by atoms with Crippen molar-refractivity contribution in [1.82, 2.24) is 4.57 Å². The predicted molar refractivity (Wildman–Crippen MR) is 104 cm³/mol. The number of thioether (sulfide) groups is 1. The normalized spacial score (nSPS) is 11.9. The van der Waals surface area contributed by atoms with E-state index in [1.807, 2.05) is 11.5 Å². The Hall–Kier alpha value is -2.52. The third kappa shape index (κ3) is 4.61. The van der Waals surface area contributed by atoms with Gasteiger partial charge in [0.1, 0.15) is 5.82 Å².